The maximum absolute atomic E-state index is 2.41. The summed E-state index contributed by atoms with van der Waals surface area (Å²) in [7, 11) is 0. The highest BCUT2D eigenvalue weighted by molar-refractivity contribution is 8.18. The third-order valence-corrected chi connectivity index (χ3v) is 9.89. The Hall–Kier alpha value is -0.340. The van der Waals surface area contributed by atoms with Crippen molar-refractivity contribution in [3.8, 4) is 0 Å². The van der Waals surface area contributed by atoms with E-state index in [1.165, 1.54) is 56.5 Å². The lowest BCUT2D eigenvalue weighted by molar-refractivity contribution is 0.375. The first kappa shape index (κ1) is 14.0. The number of benzene rings is 1. The highest BCUT2D eigenvalue weighted by atomic mass is 32.2. The van der Waals surface area contributed by atoms with Crippen LogP contribution in [0.2, 0.25) is 0 Å². The highest BCUT2D eigenvalue weighted by Crippen LogP contribution is 2.64. The van der Waals surface area contributed by atoms with Gasteiger partial charge in [0.25, 0.3) is 0 Å². The smallest absolute Gasteiger partial charge is 0.0685 e. The molecule has 0 bridgehead atoms. The second-order valence-corrected chi connectivity index (χ2v) is 10.5. The van der Waals surface area contributed by atoms with E-state index in [0.29, 0.717) is 4.08 Å². The summed E-state index contributed by atoms with van der Waals surface area (Å²) in [5.41, 5.74) is 6.87. The van der Waals surface area contributed by atoms with E-state index in [4.69, 9.17) is 0 Å². The van der Waals surface area contributed by atoms with E-state index >= 15 is 0 Å². The molecule has 1 aliphatic heterocycles. The summed E-state index contributed by atoms with van der Waals surface area (Å²) in [4.78, 5) is 0. The molecule has 1 aromatic carbocycles. The molecule has 0 N–H and O–H groups in total. The summed E-state index contributed by atoms with van der Waals surface area (Å²) in [6.07, 6.45) is 9.81. The van der Waals surface area contributed by atoms with Gasteiger partial charge in [-0.15, -0.1) is 23.5 Å². The van der Waals surface area contributed by atoms with Gasteiger partial charge in [-0.05, 0) is 78.6 Å². The van der Waals surface area contributed by atoms with Crippen LogP contribution in [0.1, 0.15) is 49.7 Å². The van der Waals surface area contributed by atoms with Gasteiger partial charge in [-0.1, -0.05) is 36.3 Å². The molecule has 1 saturated heterocycles. The van der Waals surface area contributed by atoms with Gasteiger partial charge >= 0.3 is 0 Å². The first-order valence-electron chi connectivity index (χ1n) is 8.95. The van der Waals surface area contributed by atoms with Crippen LogP contribution in [0.4, 0.5) is 0 Å². The van der Waals surface area contributed by atoms with Crippen LogP contribution >= 0.6 is 23.5 Å². The van der Waals surface area contributed by atoms with Gasteiger partial charge in [-0.25, -0.2) is 0 Å². The fraction of sp³-hybridized carbons (Fsp3) is 0.600. The molecule has 0 nitrogen and oxygen atoms in total. The summed E-state index contributed by atoms with van der Waals surface area (Å²) < 4.78 is 0.517. The average molecular weight is 329 g/mol. The Kier molecular flexibility index (Phi) is 3.41. The van der Waals surface area contributed by atoms with Gasteiger partial charge < -0.3 is 0 Å². The lowest BCUT2D eigenvalue weighted by Gasteiger charge is -2.49. The molecular weight excluding hydrogens is 304 g/mol. The van der Waals surface area contributed by atoms with Crippen LogP contribution in [-0.4, -0.2) is 15.6 Å². The van der Waals surface area contributed by atoms with Gasteiger partial charge in [0.1, 0.15) is 0 Å². The minimum atomic E-state index is 0.517. The largest absolute Gasteiger partial charge is 0.144 e. The van der Waals surface area contributed by atoms with Crippen molar-refractivity contribution in [2.24, 2.45) is 11.8 Å². The van der Waals surface area contributed by atoms with Crippen molar-refractivity contribution < 1.29 is 0 Å². The summed E-state index contributed by atoms with van der Waals surface area (Å²) in [5.74, 6) is 4.66. The van der Waals surface area contributed by atoms with Gasteiger partial charge in [0.15, 0.2) is 0 Å². The summed E-state index contributed by atoms with van der Waals surface area (Å²) >= 11 is 4.64. The summed E-state index contributed by atoms with van der Waals surface area (Å²) in [5, 5.41) is 0. The van der Waals surface area contributed by atoms with Crippen LogP contribution in [0.25, 0.3) is 5.57 Å². The number of hydrogen-bond donors (Lipinski definition) is 0. The maximum atomic E-state index is 2.41. The molecule has 4 aliphatic rings. The summed E-state index contributed by atoms with van der Waals surface area (Å²) in [6, 6.07) is 9.26. The predicted octanol–water partition coefficient (Wildman–Crippen LogP) is 5.77. The van der Waals surface area contributed by atoms with Crippen LogP contribution in [0.3, 0.4) is 0 Å². The quantitative estimate of drug-likeness (QED) is 0.592. The first-order valence-corrected chi connectivity index (χ1v) is 10.9. The van der Waals surface area contributed by atoms with Crippen LogP contribution in [0, 0.1) is 11.8 Å². The Labute approximate surface area is 142 Å². The zero-order chi connectivity index (χ0) is 14.6. The monoisotopic (exact) mass is 328 g/mol. The molecule has 5 rings (SSSR count). The SMILES string of the molecule is c1ccc2c(c1)CCC1=C2CC2(SCCCS2)C2CCCC12. The summed E-state index contributed by atoms with van der Waals surface area (Å²) in [6.45, 7) is 0. The molecule has 1 saturated carbocycles. The number of fused-ring (bicyclic) bond motifs is 5. The lowest BCUT2D eigenvalue weighted by Crippen LogP contribution is -2.41. The maximum Gasteiger partial charge on any atom is 0.0685 e. The molecule has 1 heterocycles. The molecule has 1 spiro atoms. The van der Waals surface area contributed by atoms with Crippen molar-refractivity contribution >= 4 is 29.1 Å². The Morgan fingerprint density at radius 1 is 0.955 bits per heavy atom. The molecule has 116 valence electrons. The van der Waals surface area contributed by atoms with Crippen molar-refractivity contribution in [2.45, 2.75) is 49.0 Å². The van der Waals surface area contributed by atoms with Crippen LogP contribution in [0.5, 0.6) is 0 Å². The number of hydrogen-bond acceptors (Lipinski definition) is 2. The van der Waals surface area contributed by atoms with E-state index in [9.17, 15) is 0 Å². The van der Waals surface area contributed by atoms with E-state index in [-0.39, 0.29) is 0 Å². The Balaban J connectivity index is 1.64. The van der Waals surface area contributed by atoms with Gasteiger partial charge in [0, 0.05) is 0 Å². The zero-order valence-electron chi connectivity index (χ0n) is 13.1. The Morgan fingerprint density at radius 3 is 2.73 bits per heavy atom. The highest BCUT2D eigenvalue weighted by Gasteiger charge is 2.52. The number of allylic oxidation sites excluding steroid dienone is 2. The van der Waals surface area contributed by atoms with Crippen molar-refractivity contribution in [3.05, 3.63) is 41.0 Å². The third kappa shape index (κ3) is 1.99. The first-order chi connectivity index (χ1) is 10.9. The standard InChI is InChI=1S/C20H24S2/c1-2-6-15-14(5-1)9-10-16-17-7-3-8-19(17)20(13-18(15)16)21-11-4-12-22-20/h1-2,5-6,17,19H,3-4,7-13H2. The molecule has 22 heavy (non-hydrogen) atoms. The fourth-order valence-corrected chi connectivity index (χ4v) is 9.20. The fourth-order valence-electron chi connectivity index (χ4n) is 5.43. The van der Waals surface area contributed by atoms with Crippen LogP contribution < -0.4 is 0 Å². The van der Waals surface area contributed by atoms with E-state index < -0.39 is 0 Å². The second-order valence-electron chi connectivity index (χ2n) is 7.34. The molecule has 0 radical (unpaired) electrons. The normalized spacial score (nSPS) is 32.5. The molecule has 2 fully saturated rings. The van der Waals surface area contributed by atoms with Crippen molar-refractivity contribution in [1.29, 1.82) is 0 Å². The zero-order valence-corrected chi connectivity index (χ0v) is 14.8. The second kappa shape index (κ2) is 5.34. The average Bonchev–Trinajstić information content (AvgIpc) is 3.07. The lowest BCUT2D eigenvalue weighted by atomic mass is 9.69. The molecule has 1 aromatic rings. The van der Waals surface area contributed by atoms with Crippen LogP contribution in [-0.2, 0) is 6.42 Å². The number of aryl methyl sites for hydroxylation is 1. The van der Waals surface area contributed by atoms with E-state index in [2.05, 4.69) is 47.8 Å². The molecule has 2 heteroatoms. The van der Waals surface area contributed by atoms with Crippen molar-refractivity contribution in [1.82, 2.24) is 0 Å². The topological polar surface area (TPSA) is 0 Å². The van der Waals surface area contributed by atoms with E-state index in [1.807, 2.05) is 5.57 Å². The van der Waals surface area contributed by atoms with Gasteiger partial charge in [0.05, 0.1) is 4.08 Å². The van der Waals surface area contributed by atoms with Crippen LogP contribution in [0.15, 0.2) is 29.8 Å². The minimum Gasteiger partial charge on any atom is -0.144 e. The van der Waals surface area contributed by atoms with Gasteiger partial charge in [-0.3, -0.25) is 0 Å². The molecular formula is C20H24S2. The van der Waals surface area contributed by atoms with E-state index in [1.54, 1.807) is 16.7 Å². The molecule has 3 aliphatic carbocycles. The molecule has 2 unspecified atom stereocenters. The molecule has 0 aromatic heterocycles. The van der Waals surface area contributed by atoms with Crippen molar-refractivity contribution in [2.75, 3.05) is 11.5 Å². The van der Waals surface area contributed by atoms with Gasteiger partial charge in [-0.2, -0.15) is 0 Å². The molecule has 2 atom stereocenters. The number of rotatable bonds is 0. The minimum absolute atomic E-state index is 0.517. The van der Waals surface area contributed by atoms with Gasteiger partial charge in [0.2, 0.25) is 0 Å². The van der Waals surface area contributed by atoms with E-state index in [0.717, 1.165) is 11.8 Å². The third-order valence-electron chi connectivity index (χ3n) is 6.33. The number of thioether (sulfide) groups is 2. The Morgan fingerprint density at radius 2 is 1.82 bits per heavy atom. The Bertz CT molecular complexity index is 624. The molecule has 0 amide bonds. The van der Waals surface area contributed by atoms with Crippen molar-refractivity contribution in [3.63, 3.8) is 0 Å². The predicted molar refractivity (Wildman–Crippen MR) is 99.4 cm³/mol.